The standard InChI is InChI=1S/C18H27N3O4/c1-18(2,3)25-17(23)21-9-4-14(5-10-21)6-11-24-13-16(22)15-12-19-7-8-20-15/h7-8,12,14H,4-6,9-11,13H2,1-3H3. The van der Waals surface area contributed by atoms with Gasteiger partial charge in [0.25, 0.3) is 0 Å². The molecule has 0 bridgehead atoms. The van der Waals surface area contributed by atoms with Gasteiger partial charge in [0.1, 0.15) is 17.9 Å². The van der Waals surface area contributed by atoms with Gasteiger partial charge in [-0.3, -0.25) is 9.78 Å². The molecular weight excluding hydrogens is 322 g/mol. The molecule has 0 radical (unpaired) electrons. The van der Waals surface area contributed by atoms with Crippen molar-refractivity contribution in [3.8, 4) is 0 Å². The lowest BCUT2D eigenvalue weighted by molar-refractivity contribution is 0.0166. The Balaban J connectivity index is 1.61. The third kappa shape index (κ3) is 6.78. The van der Waals surface area contributed by atoms with Crippen molar-refractivity contribution in [3.05, 3.63) is 24.3 Å². The van der Waals surface area contributed by atoms with Gasteiger partial charge < -0.3 is 14.4 Å². The first kappa shape index (κ1) is 19.3. The molecule has 1 saturated heterocycles. The minimum absolute atomic E-state index is 0.0233. The fourth-order valence-electron chi connectivity index (χ4n) is 2.66. The zero-order valence-corrected chi connectivity index (χ0v) is 15.2. The fourth-order valence-corrected chi connectivity index (χ4v) is 2.66. The summed E-state index contributed by atoms with van der Waals surface area (Å²) in [5.41, 5.74) is -0.134. The number of ether oxygens (including phenoxy) is 2. The summed E-state index contributed by atoms with van der Waals surface area (Å²) in [6, 6.07) is 0. The van der Waals surface area contributed by atoms with E-state index in [2.05, 4.69) is 9.97 Å². The van der Waals surface area contributed by atoms with Crippen LogP contribution in [-0.4, -0.2) is 58.6 Å². The van der Waals surface area contributed by atoms with E-state index in [9.17, 15) is 9.59 Å². The van der Waals surface area contributed by atoms with E-state index >= 15 is 0 Å². The van der Waals surface area contributed by atoms with Gasteiger partial charge in [0.15, 0.2) is 0 Å². The van der Waals surface area contributed by atoms with Crippen molar-refractivity contribution >= 4 is 11.9 Å². The van der Waals surface area contributed by atoms with Crippen molar-refractivity contribution in [2.45, 2.75) is 45.6 Å². The molecule has 0 aliphatic carbocycles. The lowest BCUT2D eigenvalue weighted by Crippen LogP contribution is -2.41. The highest BCUT2D eigenvalue weighted by molar-refractivity contribution is 5.94. The van der Waals surface area contributed by atoms with Crippen LogP contribution in [0.3, 0.4) is 0 Å². The molecule has 25 heavy (non-hydrogen) atoms. The Morgan fingerprint density at radius 1 is 1.24 bits per heavy atom. The van der Waals surface area contributed by atoms with Crippen molar-refractivity contribution in [3.63, 3.8) is 0 Å². The molecule has 1 fully saturated rings. The van der Waals surface area contributed by atoms with Gasteiger partial charge in [-0.15, -0.1) is 0 Å². The summed E-state index contributed by atoms with van der Waals surface area (Å²) in [6.45, 7) is 7.58. The Bertz CT molecular complexity index is 563. The highest BCUT2D eigenvalue weighted by atomic mass is 16.6. The van der Waals surface area contributed by atoms with Crippen molar-refractivity contribution in [1.29, 1.82) is 0 Å². The van der Waals surface area contributed by atoms with Gasteiger partial charge in [0.2, 0.25) is 5.78 Å². The third-order valence-corrected chi connectivity index (χ3v) is 4.02. The number of rotatable bonds is 6. The predicted octanol–water partition coefficient (Wildman–Crippen LogP) is 2.71. The van der Waals surface area contributed by atoms with Crippen LogP contribution in [0, 0.1) is 5.92 Å². The van der Waals surface area contributed by atoms with Crippen LogP contribution in [-0.2, 0) is 9.47 Å². The zero-order chi connectivity index (χ0) is 18.3. The van der Waals surface area contributed by atoms with Gasteiger partial charge in [-0.25, -0.2) is 9.78 Å². The number of likely N-dealkylation sites (tertiary alicyclic amines) is 1. The Hall–Kier alpha value is -2.02. The molecule has 2 rings (SSSR count). The summed E-state index contributed by atoms with van der Waals surface area (Å²) in [5, 5.41) is 0. The minimum Gasteiger partial charge on any atom is -0.444 e. The first-order valence-corrected chi connectivity index (χ1v) is 8.70. The first-order chi connectivity index (χ1) is 11.8. The van der Waals surface area contributed by atoms with E-state index < -0.39 is 5.60 Å². The minimum atomic E-state index is -0.461. The van der Waals surface area contributed by atoms with Gasteiger partial charge in [-0.2, -0.15) is 0 Å². The molecule has 1 amide bonds. The van der Waals surface area contributed by atoms with Crippen molar-refractivity contribution in [2.24, 2.45) is 5.92 Å². The Morgan fingerprint density at radius 2 is 1.96 bits per heavy atom. The van der Waals surface area contributed by atoms with Crippen molar-refractivity contribution < 1.29 is 19.1 Å². The number of nitrogens with zero attached hydrogens (tertiary/aromatic N) is 3. The molecule has 0 unspecified atom stereocenters. The maximum atomic E-state index is 12.0. The average molecular weight is 349 g/mol. The van der Waals surface area contributed by atoms with Gasteiger partial charge in [-0.05, 0) is 46.0 Å². The van der Waals surface area contributed by atoms with Crippen molar-refractivity contribution in [1.82, 2.24) is 14.9 Å². The highest BCUT2D eigenvalue weighted by Gasteiger charge is 2.26. The highest BCUT2D eigenvalue weighted by Crippen LogP contribution is 2.22. The van der Waals surface area contributed by atoms with Crippen LogP contribution in [0.15, 0.2) is 18.6 Å². The van der Waals surface area contributed by atoms with E-state index in [0.29, 0.717) is 31.3 Å². The number of hydrogen-bond donors (Lipinski definition) is 0. The summed E-state index contributed by atoms with van der Waals surface area (Å²) in [6.07, 6.45) is 6.97. The monoisotopic (exact) mass is 349 g/mol. The summed E-state index contributed by atoms with van der Waals surface area (Å²) in [4.78, 5) is 33.5. The first-order valence-electron chi connectivity index (χ1n) is 8.70. The molecule has 1 aliphatic rings. The molecule has 0 saturated carbocycles. The number of piperidine rings is 1. The SMILES string of the molecule is CC(C)(C)OC(=O)N1CCC(CCOCC(=O)c2cnccn2)CC1. The van der Waals surface area contributed by atoms with Gasteiger partial charge >= 0.3 is 6.09 Å². The molecule has 2 heterocycles. The molecule has 0 atom stereocenters. The molecule has 1 aliphatic heterocycles. The number of carbonyl (C=O) groups is 2. The largest absolute Gasteiger partial charge is 0.444 e. The molecule has 0 spiro atoms. The van der Waals surface area contributed by atoms with Crippen LogP contribution in [0.25, 0.3) is 0 Å². The smallest absolute Gasteiger partial charge is 0.410 e. The number of ketones is 1. The lowest BCUT2D eigenvalue weighted by atomic mass is 9.94. The normalized spacial score (nSPS) is 15.9. The van der Waals surface area contributed by atoms with E-state index in [1.807, 2.05) is 20.8 Å². The van der Waals surface area contributed by atoms with Crippen LogP contribution < -0.4 is 0 Å². The van der Waals surface area contributed by atoms with Crippen LogP contribution in [0.1, 0.15) is 50.5 Å². The Kier molecular flexibility index (Phi) is 6.87. The molecule has 7 heteroatoms. The van der Waals surface area contributed by atoms with E-state index in [1.165, 1.54) is 18.6 Å². The molecule has 1 aromatic heterocycles. The molecular formula is C18H27N3O4. The maximum Gasteiger partial charge on any atom is 0.410 e. The summed E-state index contributed by atoms with van der Waals surface area (Å²) in [7, 11) is 0. The fraction of sp³-hybridized carbons (Fsp3) is 0.667. The number of aromatic nitrogens is 2. The second kappa shape index (κ2) is 8.89. The zero-order valence-electron chi connectivity index (χ0n) is 15.2. The molecule has 138 valence electrons. The third-order valence-electron chi connectivity index (χ3n) is 4.02. The van der Waals surface area contributed by atoms with Gasteiger partial charge in [0, 0.05) is 32.1 Å². The van der Waals surface area contributed by atoms with Gasteiger partial charge in [-0.1, -0.05) is 0 Å². The Morgan fingerprint density at radius 3 is 2.56 bits per heavy atom. The van der Waals surface area contributed by atoms with E-state index in [0.717, 1.165) is 19.3 Å². The van der Waals surface area contributed by atoms with Crippen LogP contribution in [0.2, 0.25) is 0 Å². The topological polar surface area (TPSA) is 81.6 Å². The summed E-state index contributed by atoms with van der Waals surface area (Å²) < 4.78 is 10.9. The number of amides is 1. The second-order valence-corrected chi connectivity index (χ2v) is 7.27. The summed E-state index contributed by atoms with van der Waals surface area (Å²) in [5.74, 6) is 0.346. The molecule has 0 aromatic carbocycles. The molecule has 1 aromatic rings. The molecule has 7 nitrogen and oxygen atoms in total. The Labute approximate surface area is 148 Å². The summed E-state index contributed by atoms with van der Waals surface area (Å²) >= 11 is 0. The maximum absolute atomic E-state index is 12.0. The molecule has 0 N–H and O–H groups in total. The van der Waals surface area contributed by atoms with E-state index in [4.69, 9.17) is 9.47 Å². The quantitative estimate of drug-likeness (QED) is 0.580. The average Bonchev–Trinajstić information content (AvgIpc) is 2.58. The number of Topliss-reactive ketones (excluding diaryl/α,β-unsaturated/α-hetero) is 1. The van der Waals surface area contributed by atoms with Crippen LogP contribution in [0.4, 0.5) is 4.79 Å². The van der Waals surface area contributed by atoms with E-state index in [1.54, 1.807) is 4.90 Å². The van der Waals surface area contributed by atoms with Crippen LogP contribution in [0.5, 0.6) is 0 Å². The van der Waals surface area contributed by atoms with Gasteiger partial charge in [0.05, 0.1) is 6.20 Å². The number of hydrogen-bond acceptors (Lipinski definition) is 6. The second-order valence-electron chi connectivity index (χ2n) is 7.27. The number of carbonyl (C=O) groups excluding carboxylic acids is 2. The van der Waals surface area contributed by atoms with E-state index in [-0.39, 0.29) is 18.5 Å². The lowest BCUT2D eigenvalue weighted by Gasteiger charge is -2.33. The van der Waals surface area contributed by atoms with Crippen LogP contribution >= 0.6 is 0 Å². The predicted molar refractivity (Wildman–Crippen MR) is 92.3 cm³/mol. The van der Waals surface area contributed by atoms with Crippen molar-refractivity contribution in [2.75, 3.05) is 26.3 Å².